The molecule has 0 N–H and O–H groups in total. The summed E-state index contributed by atoms with van der Waals surface area (Å²) in [7, 11) is 0. The van der Waals surface area contributed by atoms with E-state index in [4.69, 9.17) is 16.3 Å². The normalized spacial score (nSPS) is 25.7. The molecule has 1 aromatic rings. The molecule has 1 aliphatic heterocycles. The molecule has 16 heavy (non-hydrogen) atoms. The smallest absolute Gasteiger partial charge is 0.135 e. The van der Waals surface area contributed by atoms with Gasteiger partial charge in [0.15, 0.2) is 0 Å². The first-order valence-corrected chi connectivity index (χ1v) is 6.33. The van der Waals surface area contributed by atoms with Crippen molar-refractivity contribution in [1.82, 2.24) is 9.97 Å². The van der Waals surface area contributed by atoms with E-state index >= 15 is 0 Å². The number of ether oxygens (including phenoxy) is 1. The lowest BCUT2D eigenvalue weighted by Gasteiger charge is -2.21. The number of hydrogen-bond acceptors (Lipinski definition) is 3. The van der Waals surface area contributed by atoms with E-state index in [1.54, 1.807) is 0 Å². The van der Waals surface area contributed by atoms with Gasteiger partial charge in [-0.1, -0.05) is 11.6 Å². The summed E-state index contributed by atoms with van der Waals surface area (Å²) in [6, 6.07) is 1.91. The topological polar surface area (TPSA) is 35.0 Å². The zero-order valence-corrected chi connectivity index (χ0v) is 9.91. The van der Waals surface area contributed by atoms with Gasteiger partial charge in [0.2, 0.25) is 0 Å². The van der Waals surface area contributed by atoms with Gasteiger partial charge in [-0.05, 0) is 31.7 Å². The number of halogens is 1. The Labute approximate surface area is 100 Å². The van der Waals surface area contributed by atoms with Crippen LogP contribution in [0.1, 0.15) is 49.0 Å². The fraction of sp³-hybridized carbons (Fsp3) is 0.667. The summed E-state index contributed by atoms with van der Waals surface area (Å²) < 4.78 is 5.47. The van der Waals surface area contributed by atoms with Crippen molar-refractivity contribution < 1.29 is 4.74 Å². The molecule has 0 amide bonds. The zero-order chi connectivity index (χ0) is 11.0. The van der Waals surface area contributed by atoms with E-state index in [1.165, 1.54) is 12.8 Å². The Bertz CT molecular complexity index is 387. The Balaban J connectivity index is 1.86. The molecule has 3 rings (SSSR count). The minimum atomic E-state index is 0.338. The van der Waals surface area contributed by atoms with Gasteiger partial charge < -0.3 is 4.74 Å². The second kappa shape index (κ2) is 4.30. The van der Waals surface area contributed by atoms with Gasteiger partial charge in [-0.2, -0.15) is 0 Å². The van der Waals surface area contributed by atoms with Gasteiger partial charge in [-0.25, -0.2) is 9.97 Å². The van der Waals surface area contributed by atoms with Crippen molar-refractivity contribution in [3.63, 3.8) is 0 Å². The summed E-state index contributed by atoms with van der Waals surface area (Å²) in [5, 5.41) is 0.581. The van der Waals surface area contributed by atoms with Crippen molar-refractivity contribution in [2.75, 3.05) is 13.2 Å². The van der Waals surface area contributed by atoms with Crippen LogP contribution in [0.4, 0.5) is 0 Å². The van der Waals surface area contributed by atoms with Crippen LogP contribution in [0.25, 0.3) is 0 Å². The maximum atomic E-state index is 6.05. The van der Waals surface area contributed by atoms with Gasteiger partial charge in [-0.15, -0.1) is 0 Å². The van der Waals surface area contributed by atoms with E-state index < -0.39 is 0 Å². The van der Waals surface area contributed by atoms with E-state index in [2.05, 4.69) is 9.97 Å². The molecular formula is C12H15ClN2O. The fourth-order valence-electron chi connectivity index (χ4n) is 2.17. The largest absolute Gasteiger partial charge is 0.381 e. The summed E-state index contributed by atoms with van der Waals surface area (Å²) in [5.74, 6) is 1.85. The number of nitrogens with zero attached hydrogens (tertiary/aromatic N) is 2. The highest BCUT2D eigenvalue weighted by atomic mass is 35.5. The summed E-state index contributed by atoms with van der Waals surface area (Å²) in [6.45, 7) is 1.61. The van der Waals surface area contributed by atoms with Crippen molar-refractivity contribution in [3.8, 4) is 0 Å². The van der Waals surface area contributed by atoms with Crippen molar-refractivity contribution in [2.24, 2.45) is 0 Å². The lowest BCUT2D eigenvalue weighted by molar-refractivity contribution is 0.0780. The summed E-state index contributed by atoms with van der Waals surface area (Å²) in [6.07, 6.45) is 4.70. The number of rotatable bonds is 2. The van der Waals surface area contributed by atoms with Crippen LogP contribution in [0, 0.1) is 0 Å². The lowest BCUT2D eigenvalue weighted by atomic mass is 10.0. The second-order valence-corrected chi connectivity index (χ2v) is 5.05. The molecule has 2 heterocycles. The van der Waals surface area contributed by atoms with Crippen LogP contribution in [0.3, 0.4) is 0 Å². The maximum absolute atomic E-state index is 6.05. The maximum Gasteiger partial charge on any atom is 0.135 e. The van der Waals surface area contributed by atoms with Crippen molar-refractivity contribution in [1.29, 1.82) is 0 Å². The Hall–Kier alpha value is -0.670. The van der Waals surface area contributed by atoms with Gasteiger partial charge in [0.25, 0.3) is 0 Å². The molecule has 0 bridgehead atoms. The molecule has 2 aliphatic rings. The molecule has 1 saturated heterocycles. The van der Waals surface area contributed by atoms with Gasteiger partial charge in [0, 0.05) is 24.1 Å². The van der Waals surface area contributed by atoms with Crippen LogP contribution in [-0.2, 0) is 4.74 Å². The van der Waals surface area contributed by atoms with E-state index in [0.717, 1.165) is 37.6 Å². The first kappa shape index (κ1) is 10.5. The molecule has 1 aliphatic carbocycles. The average Bonchev–Trinajstić information content (AvgIpc) is 3.13. The third-order valence-corrected chi connectivity index (χ3v) is 3.45. The number of aromatic nitrogens is 2. The molecule has 0 aromatic carbocycles. The highest BCUT2D eigenvalue weighted by molar-refractivity contribution is 6.29. The molecule has 2 fully saturated rings. The van der Waals surface area contributed by atoms with Crippen LogP contribution in [0.2, 0.25) is 5.15 Å². The minimum Gasteiger partial charge on any atom is -0.381 e. The molecule has 1 atom stereocenters. The molecule has 0 spiro atoms. The molecule has 3 nitrogen and oxygen atoms in total. The third kappa shape index (κ3) is 2.20. The Morgan fingerprint density at radius 2 is 2.06 bits per heavy atom. The quantitative estimate of drug-likeness (QED) is 0.744. The fourth-order valence-corrected chi connectivity index (χ4v) is 2.37. The summed E-state index contributed by atoms with van der Waals surface area (Å²) in [4.78, 5) is 8.99. The highest BCUT2D eigenvalue weighted by Gasteiger charge is 2.27. The van der Waals surface area contributed by atoms with E-state index in [-0.39, 0.29) is 0 Å². The monoisotopic (exact) mass is 238 g/mol. The third-order valence-electron chi connectivity index (χ3n) is 3.25. The first-order chi connectivity index (χ1) is 7.83. The van der Waals surface area contributed by atoms with E-state index in [1.807, 2.05) is 6.07 Å². The second-order valence-electron chi connectivity index (χ2n) is 4.66. The minimum absolute atomic E-state index is 0.338. The summed E-state index contributed by atoms with van der Waals surface area (Å²) in [5.41, 5.74) is 1.13. The van der Waals surface area contributed by atoms with Crippen molar-refractivity contribution in [2.45, 2.75) is 37.5 Å². The molecule has 0 radical (unpaired) electrons. The average molecular weight is 239 g/mol. The van der Waals surface area contributed by atoms with Gasteiger partial charge in [-0.3, -0.25) is 0 Å². The number of hydrogen-bond donors (Lipinski definition) is 0. The molecule has 1 unspecified atom stereocenters. The van der Waals surface area contributed by atoms with Crippen molar-refractivity contribution >= 4 is 11.6 Å². The standard InChI is InChI=1S/C12H15ClN2O/c13-11-6-10(8-3-4-8)14-12(15-11)9-2-1-5-16-7-9/h6,8-9H,1-5,7H2. The molecule has 1 saturated carbocycles. The SMILES string of the molecule is Clc1cc(C2CC2)nc(C2CCCOC2)n1. The van der Waals surface area contributed by atoms with Gasteiger partial charge >= 0.3 is 0 Å². The zero-order valence-electron chi connectivity index (χ0n) is 9.16. The van der Waals surface area contributed by atoms with Crippen LogP contribution in [-0.4, -0.2) is 23.2 Å². The highest BCUT2D eigenvalue weighted by Crippen LogP contribution is 2.40. The van der Waals surface area contributed by atoms with Crippen LogP contribution < -0.4 is 0 Å². The van der Waals surface area contributed by atoms with E-state index in [9.17, 15) is 0 Å². The molecular weight excluding hydrogens is 224 g/mol. The summed E-state index contributed by atoms with van der Waals surface area (Å²) >= 11 is 6.05. The van der Waals surface area contributed by atoms with Crippen LogP contribution >= 0.6 is 11.6 Å². The van der Waals surface area contributed by atoms with Gasteiger partial charge in [0.05, 0.1) is 6.61 Å². The predicted octanol–water partition coefficient (Wildman–Crippen LogP) is 2.90. The molecule has 1 aromatic heterocycles. The first-order valence-electron chi connectivity index (χ1n) is 5.95. The lowest BCUT2D eigenvalue weighted by Crippen LogP contribution is -2.18. The van der Waals surface area contributed by atoms with E-state index in [0.29, 0.717) is 17.0 Å². The van der Waals surface area contributed by atoms with Gasteiger partial charge in [0.1, 0.15) is 11.0 Å². The Kier molecular flexibility index (Phi) is 2.82. The Morgan fingerprint density at radius 3 is 2.75 bits per heavy atom. The van der Waals surface area contributed by atoms with Crippen LogP contribution in [0.5, 0.6) is 0 Å². The van der Waals surface area contributed by atoms with Crippen LogP contribution in [0.15, 0.2) is 6.07 Å². The van der Waals surface area contributed by atoms with Crippen molar-refractivity contribution in [3.05, 3.63) is 22.7 Å². The predicted molar refractivity (Wildman–Crippen MR) is 61.8 cm³/mol. The Morgan fingerprint density at radius 1 is 1.19 bits per heavy atom. The molecule has 4 heteroatoms. The molecule has 86 valence electrons.